The van der Waals surface area contributed by atoms with Gasteiger partial charge in [0.2, 0.25) is 5.91 Å². The summed E-state index contributed by atoms with van der Waals surface area (Å²) in [5, 5.41) is 6.94. The average Bonchev–Trinajstić information content (AvgIpc) is 3.14. The van der Waals surface area contributed by atoms with Gasteiger partial charge in [0, 0.05) is 12.1 Å². The Morgan fingerprint density at radius 3 is 2.76 bits per heavy atom. The molecule has 0 aliphatic rings. The van der Waals surface area contributed by atoms with Crippen molar-refractivity contribution in [3.05, 3.63) is 66.7 Å². The number of aromatic nitrogens is 3. The van der Waals surface area contributed by atoms with Gasteiger partial charge in [0.1, 0.15) is 18.4 Å². The number of carbonyl (C=O) groups is 1. The van der Waals surface area contributed by atoms with Gasteiger partial charge in [-0.15, -0.1) is 0 Å². The first-order valence-electron chi connectivity index (χ1n) is 8.15. The van der Waals surface area contributed by atoms with E-state index in [-0.39, 0.29) is 5.91 Å². The third-order valence-corrected chi connectivity index (χ3v) is 3.64. The molecule has 0 radical (unpaired) electrons. The molecule has 128 valence electrons. The maximum absolute atomic E-state index is 12.0. The molecule has 0 atom stereocenters. The van der Waals surface area contributed by atoms with Crippen molar-refractivity contribution in [3.63, 3.8) is 0 Å². The Morgan fingerprint density at radius 1 is 1.20 bits per heavy atom. The summed E-state index contributed by atoms with van der Waals surface area (Å²) in [6, 6.07) is 15.3. The van der Waals surface area contributed by atoms with Crippen LogP contribution in [0.25, 0.3) is 5.69 Å². The van der Waals surface area contributed by atoms with E-state index in [9.17, 15) is 4.79 Å². The highest BCUT2D eigenvalue weighted by molar-refractivity contribution is 5.90. The van der Waals surface area contributed by atoms with Gasteiger partial charge in [-0.05, 0) is 55.3 Å². The maximum atomic E-state index is 12.0. The van der Waals surface area contributed by atoms with Gasteiger partial charge in [-0.1, -0.05) is 12.1 Å². The number of anilines is 1. The summed E-state index contributed by atoms with van der Waals surface area (Å²) in [4.78, 5) is 15.9. The van der Waals surface area contributed by atoms with Crippen molar-refractivity contribution in [3.8, 4) is 11.4 Å². The van der Waals surface area contributed by atoms with E-state index in [2.05, 4.69) is 15.4 Å². The summed E-state index contributed by atoms with van der Waals surface area (Å²) in [5.74, 6) is 0.811. The molecule has 0 fully saturated rings. The molecule has 0 aliphatic heterocycles. The fourth-order valence-electron chi connectivity index (χ4n) is 2.39. The predicted molar refractivity (Wildman–Crippen MR) is 95.9 cm³/mol. The molecule has 1 amide bonds. The normalized spacial score (nSPS) is 10.4. The molecular weight excluding hydrogens is 316 g/mol. The number of nitrogens with zero attached hydrogens (tertiary/aromatic N) is 3. The molecule has 0 aliphatic carbocycles. The van der Waals surface area contributed by atoms with Gasteiger partial charge in [-0.2, -0.15) is 5.10 Å². The molecule has 25 heavy (non-hydrogen) atoms. The quantitative estimate of drug-likeness (QED) is 0.672. The monoisotopic (exact) mass is 336 g/mol. The molecule has 0 unspecified atom stereocenters. The van der Waals surface area contributed by atoms with Gasteiger partial charge in [0.25, 0.3) is 0 Å². The lowest BCUT2D eigenvalue weighted by molar-refractivity contribution is -0.116. The summed E-state index contributed by atoms with van der Waals surface area (Å²) >= 11 is 0. The van der Waals surface area contributed by atoms with E-state index in [1.54, 1.807) is 11.0 Å². The molecule has 2 aromatic carbocycles. The van der Waals surface area contributed by atoms with Crippen LogP contribution in [0.1, 0.15) is 18.4 Å². The second-order valence-corrected chi connectivity index (χ2v) is 5.70. The van der Waals surface area contributed by atoms with Crippen molar-refractivity contribution in [1.82, 2.24) is 14.8 Å². The zero-order chi connectivity index (χ0) is 17.5. The SMILES string of the molecule is Cc1cccc(OCCCC(=O)Nc2ccc(-n3cncn3)cc2)c1. The molecule has 1 N–H and O–H groups in total. The van der Waals surface area contributed by atoms with Gasteiger partial charge < -0.3 is 10.1 Å². The first kappa shape index (κ1) is 16.7. The number of hydrogen-bond acceptors (Lipinski definition) is 4. The standard InChI is InChI=1S/C19H20N4O2/c1-15-4-2-5-18(12-15)25-11-3-6-19(24)22-16-7-9-17(10-8-16)23-14-20-13-21-23/h2,4-5,7-10,12-14H,3,6,11H2,1H3,(H,22,24). The van der Waals surface area contributed by atoms with Crippen LogP contribution in [0.3, 0.4) is 0 Å². The minimum atomic E-state index is -0.0265. The number of aryl methyl sites for hydroxylation is 1. The maximum Gasteiger partial charge on any atom is 0.224 e. The van der Waals surface area contributed by atoms with Crippen molar-refractivity contribution in [2.75, 3.05) is 11.9 Å². The zero-order valence-electron chi connectivity index (χ0n) is 14.1. The minimum Gasteiger partial charge on any atom is -0.494 e. The van der Waals surface area contributed by atoms with Gasteiger partial charge in [0.15, 0.2) is 0 Å². The molecule has 1 aromatic heterocycles. The van der Waals surface area contributed by atoms with Crippen LogP contribution in [0.2, 0.25) is 0 Å². The number of nitrogens with one attached hydrogen (secondary N) is 1. The van der Waals surface area contributed by atoms with Crippen LogP contribution in [-0.4, -0.2) is 27.3 Å². The van der Waals surface area contributed by atoms with Crippen LogP contribution in [0.5, 0.6) is 5.75 Å². The molecule has 0 bridgehead atoms. The Bertz CT molecular complexity index is 814. The van der Waals surface area contributed by atoms with E-state index in [0.717, 1.165) is 22.7 Å². The number of benzene rings is 2. The highest BCUT2D eigenvalue weighted by atomic mass is 16.5. The summed E-state index contributed by atoms with van der Waals surface area (Å²) in [7, 11) is 0. The van der Waals surface area contributed by atoms with E-state index in [1.807, 2.05) is 55.5 Å². The van der Waals surface area contributed by atoms with Crippen LogP contribution in [-0.2, 0) is 4.79 Å². The highest BCUT2D eigenvalue weighted by Gasteiger charge is 2.04. The average molecular weight is 336 g/mol. The first-order valence-corrected chi connectivity index (χ1v) is 8.15. The van der Waals surface area contributed by atoms with Gasteiger partial charge in [-0.3, -0.25) is 4.79 Å². The van der Waals surface area contributed by atoms with Crippen molar-refractivity contribution in [2.45, 2.75) is 19.8 Å². The van der Waals surface area contributed by atoms with E-state index in [1.165, 1.54) is 6.33 Å². The number of ether oxygens (including phenoxy) is 1. The summed E-state index contributed by atoms with van der Waals surface area (Å²) < 4.78 is 7.31. The summed E-state index contributed by atoms with van der Waals surface area (Å²) in [6.45, 7) is 2.54. The summed E-state index contributed by atoms with van der Waals surface area (Å²) in [6.07, 6.45) is 4.18. The fraction of sp³-hybridized carbons (Fsp3) is 0.211. The molecule has 6 nitrogen and oxygen atoms in total. The largest absolute Gasteiger partial charge is 0.494 e. The Kier molecular flexibility index (Phi) is 5.41. The Morgan fingerprint density at radius 2 is 2.04 bits per heavy atom. The second-order valence-electron chi connectivity index (χ2n) is 5.70. The van der Waals surface area contributed by atoms with Crippen molar-refractivity contribution >= 4 is 11.6 Å². The lowest BCUT2D eigenvalue weighted by Crippen LogP contribution is -2.12. The van der Waals surface area contributed by atoms with Crippen LogP contribution < -0.4 is 10.1 Å². The van der Waals surface area contributed by atoms with Crippen LogP contribution in [0.4, 0.5) is 5.69 Å². The molecule has 6 heteroatoms. The molecule has 0 spiro atoms. The van der Waals surface area contributed by atoms with Gasteiger partial charge in [-0.25, -0.2) is 9.67 Å². The number of amides is 1. The lowest BCUT2D eigenvalue weighted by Gasteiger charge is -2.08. The van der Waals surface area contributed by atoms with Crippen LogP contribution >= 0.6 is 0 Å². The van der Waals surface area contributed by atoms with Gasteiger partial charge >= 0.3 is 0 Å². The van der Waals surface area contributed by atoms with Crippen molar-refractivity contribution in [2.24, 2.45) is 0 Å². The highest BCUT2D eigenvalue weighted by Crippen LogP contribution is 2.14. The Hall–Kier alpha value is -3.15. The fourth-order valence-corrected chi connectivity index (χ4v) is 2.39. The second kappa shape index (κ2) is 8.10. The molecule has 0 saturated carbocycles. The number of carbonyl (C=O) groups excluding carboxylic acids is 1. The van der Waals surface area contributed by atoms with Crippen LogP contribution in [0, 0.1) is 6.92 Å². The number of hydrogen-bond donors (Lipinski definition) is 1. The Balaban J connectivity index is 1.41. The van der Waals surface area contributed by atoms with Gasteiger partial charge in [0.05, 0.1) is 12.3 Å². The molecule has 3 aromatic rings. The van der Waals surface area contributed by atoms with E-state index in [0.29, 0.717) is 19.4 Å². The minimum absolute atomic E-state index is 0.0265. The summed E-state index contributed by atoms with van der Waals surface area (Å²) in [5.41, 5.74) is 2.81. The van der Waals surface area contributed by atoms with Crippen molar-refractivity contribution < 1.29 is 9.53 Å². The number of rotatable bonds is 7. The third-order valence-electron chi connectivity index (χ3n) is 3.64. The van der Waals surface area contributed by atoms with E-state index in [4.69, 9.17) is 4.74 Å². The molecular formula is C19H20N4O2. The van der Waals surface area contributed by atoms with E-state index < -0.39 is 0 Å². The first-order chi connectivity index (χ1) is 12.2. The topological polar surface area (TPSA) is 69.0 Å². The Labute approximate surface area is 146 Å². The van der Waals surface area contributed by atoms with E-state index >= 15 is 0 Å². The van der Waals surface area contributed by atoms with Crippen LogP contribution in [0.15, 0.2) is 61.2 Å². The molecule has 3 rings (SSSR count). The van der Waals surface area contributed by atoms with Crippen molar-refractivity contribution in [1.29, 1.82) is 0 Å². The molecule has 1 heterocycles. The zero-order valence-corrected chi connectivity index (χ0v) is 14.1. The third kappa shape index (κ3) is 4.91. The predicted octanol–water partition coefficient (Wildman–Crippen LogP) is 3.37. The lowest BCUT2D eigenvalue weighted by atomic mass is 10.2. The molecule has 0 saturated heterocycles. The smallest absolute Gasteiger partial charge is 0.224 e.